The fourth-order valence-electron chi connectivity index (χ4n) is 2.12. The quantitative estimate of drug-likeness (QED) is 0.422. The van der Waals surface area contributed by atoms with Crippen LogP contribution in [0.25, 0.3) is 0 Å². The van der Waals surface area contributed by atoms with Crippen LogP contribution >= 0.6 is 11.6 Å². The van der Waals surface area contributed by atoms with Crippen molar-refractivity contribution in [2.45, 2.75) is 11.8 Å². The van der Waals surface area contributed by atoms with Crippen LogP contribution in [0.15, 0.2) is 47.4 Å². The first-order valence-corrected chi connectivity index (χ1v) is 9.36. The summed E-state index contributed by atoms with van der Waals surface area (Å²) in [5.74, 6) is -0.334. The monoisotopic (exact) mass is 397 g/mol. The molecule has 0 radical (unpaired) electrons. The van der Waals surface area contributed by atoms with Crippen LogP contribution in [0.1, 0.15) is 15.9 Å². The minimum Gasteiger partial charge on any atom is -0.351 e. The number of hydrogen-bond acceptors (Lipinski definition) is 5. The molecule has 2 aromatic carbocycles. The second-order valence-electron chi connectivity index (χ2n) is 5.33. The average Bonchev–Trinajstić information content (AvgIpc) is 2.61. The van der Waals surface area contributed by atoms with Gasteiger partial charge in [0.05, 0.1) is 14.8 Å². The van der Waals surface area contributed by atoms with Crippen molar-refractivity contribution in [2.75, 3.05) is 13.1 Å². The SMILES string of the molecule is Cc1c(Cl)cc(S(=O)(=O)NCCNC(=O)c2ccccc2)cc1[N+](=O)[O-]. The number of halogens is 1. The van der Waals surface area contributed by atoms with Gasteiger partial charge in [-0.05, 0) is 25.1 Å². The number of rotatable bonds is 7. The summed E-state index contributed by atoms with van der Waals surface area (Å²) in [6.07, 6.45) is 0. The summed E-state index contributed by atoms with van der Waals surface area (Å²) in [6.45, 7) is 1.40. The fraction of sp³-hybridized carbons (Fsp3) is 0.188. The Morgan fingerprint density at radius 2 is 1.85 bits per heavy atom. The molecule has 138 valence electrons. The standard InChI is InChI=1S/C16H16ClN3O5S/c1-11-14(17)9-13(10-15(11)20(22)23)26(24,25)19-8-7-18-16(21)12-5-3-2-4-6-12/h2-6,9-10,19H,7-8H2,1H3,(H,18,21). The maximum Gasteiger partial charge on any atom is 0.275 e. The van der Waals surface area contributed by atoms with Crippen LogP contribution < -0.4 is 10.0 Å². The first-order chi connectivity index (χ1) is 12.2. The summed E-state index contributed by atoms with van der Waals surface area (Å²) in [6, 6.07) is 10.6. The Bertz CT molecular complexity index is 932. The molecule has 0 aromatic heterocycles. The molecule has 0 unspecified atom stereocenters. The molecular weight excluding hydrogens is 382 g/mol. The van der Waals surface area contributed by atoms with E-state index in [0.717, 1.165) is 12.1 Å². The number of carbonyl (C=O) groups is 1. The summed E-state index contributed by atoms with van der Waals surface area (Å²) in [4.78, 5) is 21.9. The number of nitro benzene ring substituents is 1. The van der Waals surface area contributed by atoms with Gasteiger partial charge in [-0.2, -0.15) is 0 Å². The molecule has 8 nitrogen and oxygen atoms in total. The van der Waals surface area contributed by atoms with E-state index in [0.29, 0.717) is 5.56 Å². The van der Waals surface area contributed by atoms with Gasteiger partial charge in [-0.25, -0.2) is 13.1 Å². The third kappa shape index (κ3) is 4.78. The molecule has 10 heteroatoms. The Balaban J connectivity index is 2.01. The smallest absolute Gasteiger partial charge is 0.275 e. The highest BCUT2D eigenvalue weighted by atomic mass is 35.5. The Labute approximate surface area is 155 Å². The molecule has 1 amide bonds. The highest BCUT2D eigenvalue weighted by Crippen LogP contribution is 2.29. The molecule has 0 fully saturated rings. The molecule has 0 saturated carbocycles. The normalized spacial score (nSPS) is 11.2. The maximum absolute atomic E-state index is 12.3. The van der Waals surface area contributed by atoms with Gasteiger partial charge < -0.3 is 5.32 Å². The second-order valence-corrected chi connectivity index (χ2v) is 7.50. The zero-order chi connectivity index (χ0) is 19.3. The molecule has 2 N–H and O–H groups in total. The fourth-order valence-corrected chi connectivity index (χ4v) is 3.48. The zero-order valence-corrected chi connectivity index (χ0v) is 15.3. The molecule has 0 aliphatic carbocycles. The van der Waals surface area contributed by atoms with Crippen molar-refractivity contribution in [1.82, 2.24) is 10.0 Å². The number of benzene rings is 2. The van der Waals surface area contributed by atoms with E-state index < -0.39 is 14.9 Å². The molecule has 0 bridgehead atoms. The number of nitrogens with one attached hydrogen (secondary N) is 2. The van der Waals surface area contributed by atoms with Crippen LogP contribution in [-0.4, -0.2) is 32.3 Å². The topological polar surface area (TPSA) is 118 Å². The van der Waals surface area contributed by atoms with E-state index in [1.807, 2.05) is 0 Å². The lowest BCUT2D eigenvalue weighted by Gasteiger charge is -2.09. The number of nitrogens with zero attached hydrogens (tertiary/aromatic N) is 1. The predicted octanol–water partition coefficient (Wildman–Crippen LogP) is 2.26. The zero-order valence-electron chi connectivity index (χ0n) is 13.7. The second kappa shape index (κ2) is 8.26. The lowest BCUT2D eigenvalue weighted by molar-refractivity contribution is -0.385. The van der Waals surface area contributed by atoms with Gasteiger partial charge in [0, 0.05) is 30.3 Å². The van der Waals surface area contributed by atoms with Gasteiger partial charge in [-0.3, -0.25) is 14.9 Å². The van der Waals surface area contributed by atoms with Gasteiger partial charge in [0.15, 0.2) is 0 Å². The van der Waals surface area contributed by atoms with Crippen LogP contribution in [0.4, 0.5) is 5.69 Å². The minimum absolute atomic E-state index is 0.0167. The molecule has 2 rings (SSSR count). The minimum atomic E-state index is -4.01. The van der Waals surface area contributed by atoms with E-state index >= 15 is 0 Å². The Morgan fingerprint density at radius 3 is 2.46 bits per heavy atom. The molecule has 0 saturated heterocycles. The van der Waals surface area contributed by atoms with Gasteiger partial charge in [-0.1, -0.05) is 29.8 Å². The van der Waals surface area contributed by atoms with Crippen molar-refractivity contribution in [3.8, 4) is 0 Å². The molecule has 0 aliphatic rings. The average molecular weight is 398 g/mol. The molecule has 0 aliphatic heterocycles. The molecule has 2 aromatic rings. The highest BCUT2D eigenvalue weighted by molar-refractivity contribution is 7.89. The van der Waals surface area contributed by atoms with Crippen molar-refractivity contribution in [2.24, 2.45) is 0 Å². The lowest BCUT2D eigenvalue weighted by atomic mass is 10.2. The van der Waals surface area contributed by atoms with E-state index in [4.69, 9.17) is 11.6 Å². The lowest BCUT2D eigenvalue weighted by Crippen LogP contribution is -2.34. The van der Waals surface area contributed by atoms with Crippen molar-refractivity contribution in [3.05, 3.63) is 68.7 Å². The van der Waals surface area contributed by atoms with E-state index in [1.165, 1.54) is 6.92 Å². The third-order valence-electron chi connectivity index (χ3n) is 3.54. The number of nitro groups is 1. The summed E-state index contributed by atoms with van der Waals surface area (Å²) in [5.41, 5.74) is 0.261. The van der Waals surface area contributed by atoms with Crippen LogP contribution in [0.5, 0.6) is 0 Å². The van der Waals surface area contributed by atoms with Crippen LogP contribution in [-0.2, 0) is 10.0 Å². The van der Waals surface area contributed by atoms with Crippen molar-refractivity contribution in [1.29, 1.82) is 0 Å². The maximum atomic E-state index is 12.3. The first kappa shape index (κ1) is 19.8. The summed E-state index contributed by atoms with van der Waals surface area (Å²) < 4.78 is 26.8. The van der Waals surface area contributed by atoms with E-state index in [-0.39, 0.29) is 40.2 Å². The van der Waals surface area contributed by atoms with Gasteiger partial charge in [0.2, 0.25) is 10.0 Å². The largest absolute Gasteiger partial charge is 0.351 e. The summed E-state index contributed by atoms with van der Waals surface area (Å²) in [5, 5.41) is 13.6. The van der Waals surface area contributed by atoms with Crippen molar-refractivity contribution in [3.63, 3.8) is 0 Å². The molecule has 26 heavy (non-hydrogen) atoms. The van der Waals surface area contributed by atoms with Crippen LogP contribution in [0.2, 0.25) is 5.02 Å². The Morgan fingerprint density at radius 1 is 1.19 bits per heavy atom. The van der Waals surface area contributed by atoms with Crippen molar-refractivity contribution >= 4 is 33.2 Å². The van der Waals surface area contributed by atoms with Gasteiger partial charge in [0.1, 0.15) is 0 Å². The number of amides is 1. The Kier molecular flexibility index (Phi) is 6.30. The molecule has 0 heterocycles. The van der Waals surface area contributed by atoms with Crippen LogP contribution in [0, 0.1) is 17.0 Å². The van der Waals surface area contributed by atoms with Gasteiger partial charge in [-0.15, -0.1) is 0 Å². The summed E-state index contributed by atoms with van der Waals surface area (Å²) >= 11 is 5.89. The summed E-state index contributed by atoms with van der Waals surface area (Å²) in [7, 11) is -4.01. The van der Waals surface area contributed by atoms with Crippen LogP contribution in [0.3, 0.4) is 0 Å². The number of sulfonamides is 1. The third-order valence-corrected chi connectivity index (χ3v) is 5.37. The molecular formula is C16H16ClN3O5S. The molecule has 0 spiro atoms. The van der Waals surface area contributed by atoms with E-state index in [2.05, 4.69) is 10.0 Å². The van der Waals surface area contributed by atoms with E-state index in [9.17, 15) is 23.3 Å². The van der Waals surface area contributed by atoms with Gasteiger partial charge in [0.25, 0.3) is 11.6 Å². The Hall–Kier alpha value is -2.49. The number of carbonyl (C=O) groups excluding carboxylic acids is 1. The van der Waals surface area contributed by atoms with E-state index in [1.54, 1.807) is 30.3 Å². The first-order valence-electron chi connectivity index (χ1n) is 7.50. The predicted molar refractivity (Wildman–Crippen MR) is 96.8 cm³/mol. The highest BCUT2D eigenvalue weighted by Gasteiger charge is 2.22. The van der Waals surface area contributed by atoms with Gasteiger partial charge >= 0.3 is 0 Å². The molecule has 0 atom stereocenters. The van der Waals surface area contributed by atoms with Crippen molar-refractivity contribution < 1.29 is 18.1 Å². The number of hydrogen-bond donors (Lipinski definition) is 2.